The molecule has 0 amide bonds. The minimum Gasteiger partial charge on any atom is -0.412 e. The van der Waals surface area contributed by atoms with Crippen LogP contribution in [0.4, 0.5) is 0 Å². The maximum Gasteiger partial charge on any atom is 0 e. The summed E-state index contributed by atoms with van der Waals surface area (Å²) >= 11 is 0. The molecule has 3 nitrogen and oxygen atoms in total. The molecule has 0 unspecified atom stereocenters. The fraction of sp³-hybridized carbons (Fsp3) is 0.333. The summed E-state index contributed by atoms with van der Waals surface area (Å²) in [6.45, 7) is 0. The van der Waals surface area contributed by atoms with E-state index < -0.39 is 0 Å². The first-order valence-corrected chi connectivity index (χ1v) is 0. The molecule has 0 fully saturated rings. The molecule has 7 heavy (non-hydrogen) atoms. The zero-order valence-corrected chi connectivity index (χ0v) is 6.44. The van der Waals surface area contributed by atoms with Gasteiger partial charge in [-0.25, -0.2) is 0 Å². The quantitative estimate of drug-likeness (QED) is 0.627. The third-order valence-corrected chi connectivity index (χ3v) is 0. The van der Waals surface area contributed by atoms with Crippen LogP contribution in [0.2, 0.25) is 0 Å². The summed E-state index contributed by atoms with van der Waals surface area (Å²) in [6.07, 6.45) is 0. The average molecular weight is 291 g/mol. The topological polar surface area (TPSA) is 98.0 Å². The van der Waals surface area contributed by atoms with Gasteiger partial charge in [-0.05, 0) is 0 Å². The standard InChI is InChI=1S/CH4.2CH3.Ir.H3N.2H2O/h1H4;2*1H3;;1H3;2*1H2/q;2*-1;;;;. The zero-order chi connectivity index (χ0) is 0. The Morgan fingerprint density at radius 2 is 0.714 bits per heavy atom. The Labute approximate surface area is 60.1 Å². The first-order chi connectivity index (χ1) is 0. The molecule has 7 N–H and O–H groups in total. The molecule has 0 heterocycles. The van der Waals surface area contributed by atoms with Crippen LogP contribution in [0.3, 0.4) is 0 Å². The monoisotopic (exact) mass is 292 g/mol. The second kappa shape index (κ2) is 712. The molecular weight excluding hydrogens is 274 g/mol. The Balaban J connectivity index is 0. The molecule has 0 aromatic rings. The molecule has 0 saturated carbocycles. The van der Waals surface area contributed by atoms with Crippen molar-refractivity contribution in [1.82, 2.24) is 6.15 Å². The molecule has 0 saturated heterocycles. The van der Waals surface area contributed by atoms with Crippen molar-refractivity contribution in [3.63, 3.8) is 0 Å². The van der Waals surface area contributed by atoms with Crippen molar-refractivity contribution in [2.24, 2.45) is 0 Å². The smallest absolute Gasteiger partial charge is 0 e. The van der Waals surface area contributed by atoms with E-state index in [1.54, 1.807) is 0 Å². The summed E-state index contributed by atoms with van der Waals surface area (Å²) in [5, 5.41) is 0. The van der Waals surface area contributed by atoms with Crippen molar-refractivity contribution in [2.75, 3.05) is 0 Å². The minimum absolute atomic E-state index is 0. The van der Waals surface area contributed by atoms with Gasteiger partial charge < -0.3 is 32.0 Å². The fourth-order valence-electron chi connectivity index (χ4n) is 0. The van der Waals surface area contributed by atoms with Crippen molar-refractivity contribution in [1.29, 1.82) is 0 Å². The predicted octanol–water partition coefficient (Wildman–Crippen LogP) is 0.0468. The van der Waals surface area contributed by atoms with Gasteiger partial charge in [0.1, 0.15) is 0 Å². The summed E-state index contributed by atoms with van der Waals surface area (Å²) in [6, 6.07) is 0. The third-order valence-electron chi connectivity index (χ3n) is 0. The summed E-state index contributed by atoms with van der Waals surface area (Å²) in [5.74, 6) is 0. The molecule has 0 rings (SSSR count). The normalized spacial score (nSPS) is 0. The Morgan fingerprint density at radius 1 is 0.714 bits per heavy atom. The molecular formula is C3H17IrNO2-2. The molecule has 57 valence electrons. The van der Waals surface area contributed by atoms with E-state index in [9.17, 15) is 0 Å². The largest absolute Gasteiger partial charge is 0.412 e. The van der Waals surface area contributed by atoms with Gasteiger partial charge in [-0.15, -0.1) is 0 Å². The van der Waals surface area contributed by atoms with Crippen LogP contribution < -0.4 is 6.15 Å². The SMILES string of the molecule is C.N.O.O.[CH3-].[CH3-].[Ir]. The second-order valence-corrected chi connectivity index (χ2v) is 0. The Hall–Kier alpha value is 0.529. The van der Waals surface area contributed by atoms with Crippen LogP contribution in [0.15, 0.2) is 0 Å². The van der Waals surface area contributed by atoms with Crippen LogP contribution >= 0.6 is 0 Å². The van der Waals surface area contributed by atoms with Crippen molar-refractivity contribution in [2.45, 2.75) is 7.43 Å². The average Bonchev–Trinajstić information content (AvgIpc) is 0. The number of rotatable bonds is 0. The van der Waals surface area contributed by atoms with Gasteiger partial charge in [0.05, 0.1) is 0 Å². The molecule has 0 aliphatic carbocycles. The van der Waals surface area contributed by atoms with Gasteiger partial charge >= 0.3 is 0 Å². The predicted molar refractivity (Wildman–Crippen MR) is 31.8 cm³/mol. The van der Waals surface area contributed by atoms with Gasteiger partial charge in [-0.1, -0.05) is 7.43 Å². The van der Waals surface area contributed by atoms with Gasteiger partial charge in [0.2, 0.25) is 0 Å². The van der Waals surface area contributed by atoms with E-state index in [2.05, 4.69) is 0 Å². The maximum absolute atomic E-state index is 0. The van der Waals surface area contributed by atoms with Crippen molar-refractivity contribution in [3.05, 3.63) is 14.9 Å². The van der Waals surface area contributed by atoms with E-state index in [0.29, 0.717) is 0 Å². The summed E-state index contributed by atoms with van der Waals surface area (Å²) in [5.41, 5.74) is 0. The third kappa shape index (κ3) is 478. The van der Waals surface area contributed by atoms with Crippen molar-refractivity contribution >= 4 is 0 Å². The van der Waals surface area contributed by atoms with Gasteiger partial charge in [-0.2, -0.15) is 0 Å². The van der Waals surface area contributed by atoms with Crippen LogP contribution in [-0.2, 0) is 20.1 Å². The molecule has 0 aromatic carbocycles. The summed E-state index contributed by atoms with van der Waals surface area (Å²) < 4.78 is 0. The number of hydrogen-bond acceptors (Lipinski definition) is 1. The van der Waals surface area contributed by atoms with Gasteiger partial charge in [0, 0.05) is 20.1 Å². The van der Waals surface area contributed by atoms with Crippen LogP contribution in [0, 0.1) is 14.9 Å². The molecule has 0 spiro atoms. The Kier molecular flexibility index (Phi) is 117000. The van der Waals surface area contributed by atoms with E-state index in [4.69, 9.17) is 0 Å². The van der Waals surface area contributed by atoms with Gasteiger partial charge in [0.15, 0.2) is 0 Å². The molecule has 0 aliphatic rings. The van der Waals surface area contributed by atoms with Crippen LogP contribution in [0.5, 0.6) is 0 Å². The molecule has 4 heteroatoms. The first-order valence-electron chi connectivity index (χ1n) is 0. The molecule has 0 aromatic heterocycles. The van der Waals surface area contributed by atoms with Crippen molar-refractivity contribution < 1.29 is 31.1 Å². The summed E-state index contributed by atoms with van der Waals surface area (Å²) in [7, 11) is 0. The summed E-state index contributed by atoms with van der Waals surface area (Å²) in [4.78, 5) is 0. The van der Waals surface area contributed by atoms with Crippen LogP contribution in [0.1, 0.15) is 7.43 Å². The van der Waals surface area contributed by atoms with Crippen LogP contribution in [0.25, 0.3) is 0 Å². The first kappa shape index (κ1) is 1150. The van der Waals surface area contributed by atoms with E-state index in [1.807, 2.05) is 0 Å². The van der Waals surface area contributed by atoms with E-state index in [-0.39, 0.29) is 59.5 Å². The Morgan fingerprint density at radius 3 is 0.714 bits per heavy atom. The fourth-order valence-corrected chi connectivity index (χ4v) is 0. The molecule has 0 aliphatic heterocycles. The second-order valence-electron chi connectivity index (χ2n) is 0. The molecule has 1 radical (unpaired) electrons. The van der Waals surface area contributed by atoms with E-state index in [0.717, 1.165) is 0 Å². The minimum atomic E-state index is 0. The Bertz CT molecular complexity index is 12.9. The molecule has 0 atom stereocenters. The zero-order valence-electron chi connectivity index (χ0n) is 4.04. The number of hydrogen-bond donors (Lipinski definition) is 1. The van der Waals surface area contributed by atoms with E-state index >= 15 is 0 Å². The van der Waals surface area contributed by atoms with E-state index in [1.165, 1.54) is 0 Å². The molecule has 0 bridgehead atoms. The van der Waals surface area contributed by atoms with Crippen LogP contribution in [-0.4, -0.2) is 11.0 Å². The van der Waals surface area contributed by atoms with Gasteiger partial charge in [0.25, 0.3) is 0 Å². The maximum atomic E-state index is 0. The van der Waals surface area contributed by atoms with Crippen molar-refractivity contribution in [3.8, 4) is 0 Å². The van der Waals surface area contributed by atoms with Gasteiger partial charge in [-0.3, -0.25) is 0 Å².